The maximum absolute atomic E-state index is 6.76. The molecule has 2 atom stereocenters. The van der Waals surface area contributed by atoms with E-state index in [2.05, 4.69) is 4.85 Å². The highest BCUT2D eigenvalue weighted by Crippen LogP contribution is 2.17. The molecule has 1 fully saturated rings. The molecule has 0 aromatic heterocycles. The zero-order valence-corrected chi connectivity index (χ0v) is 5.54. The number of nitrogens with zero attached hydrogens (tertiary/aromatic N) is 2. The van der Waals surface area contributed by atoms with E-state index in [1.165, 1.54) is 0 Å². The summed E-state index contributed by atoms with van der Waals surface area (Å²) in [6.45, 7) is 9.63. The average molecular weight is 120 g/mol. The first-order valence-corrected chi connectivity index (χ1v) is 3.13. The van der Waals surface area contributed by atoms with Gasteiger partial charge in [0.1, 0.15) is 0 Å². The fraction of sp³-hybridized carbons (Fsp3) is 0.833. The molecular weight excluding hydrogens is 111 g/mol. The molecule has 1 rings (SSSR count). The highest BCUT2D eigenvalue weighted by Gasteiger charge is 2.31. The number of hydrogen-bond acceptors (Lipinski definition) is 1. The van der Waals surface area contributed by atoms with Crippen molar-refractivity contribution < 1.29 is 0 Å². The SMILES string of the molecule is [B]N1CCC([N+]#[C-])C1C. The maximum Gasteiger partial charge on any atom is 0.238 e. The third-order valence-corrected chi connectivity index (χ3v) is 1.93. The third kappa shape index (κ3) is 1.08. The molecule has 1 aliphatic rings. The van der Waals surface area contributed by atoms with E-state index in [0.29, 0.717) is 0 Å². The Hall–Kier alpha value is -0.485. The molecule has 46 valence electrons. The molecule has 9 heavy (non-hydrogen) atoms. The van der Waals surface area contributed by atoms with Gasteiger partial charge in [0.25, 0.3) is 0 Å². The topological polar surface area (TPSA) is 7.60 Å². The molecule has 0 bridgehead atoms. The van der Waals surface area contributed by atoms with Gasteiger partial charge in [0, 0.05) is 6.42 Å². The second-order valence-electron chi connectivity index (χ2n) is 2.46. The Bertz CT molecular complexity index is 140. The Kier molecular flexibility index (Phi) is 1.77. The molecular formula is C6H9BN2. The second-order valence-corrected chi connectivity index (χ2v) is 2.46. The molecule has 0 spiro atoms. The van der Waals surface area contributed by atoms with E-state index < -0.39 is 0 Å². The first-order chi connectivity index (χ1) is 4.25. The van der Waals surface area contributed by atoms with Gasteiger partial charge in [0.05, 0.1) is 6.04 Å². The van der Waals surface area contributed by atoms with Gasteiger partial charge in [-0.1, -0.05) is 0 Å². The van der Waals surface area contributed by atoms with Crippen LogP contribution >= 0.6 is 0 Å². The summed E-state index contributed by atoms with van der Waals surface area (Å²) < 4.78 is 0. The summed E-state index contributed by atoms with van der Waals surface area (Å²) in [7, 11) is 5.53. The molecule has 2 nitrogen and oxygen atoms in total. The van der Waals surface area contributed by atoms with E-state index in [4.69, 9.17) is 14.6 Å². The van der Waals surface area contributed by atoms with Crippen LogP contribution in [0.5, 0.6) is 0 Å². The van der Waals surface area contributed by atoms with Crippen LogP contribution in [0, 0.1) is 6.57 Å². The fourth-order valence-electron chi connectivity index (χ4n) is 1.12. The van der Waals surface area contributed by atoms with Crippen molar-refractivity contribution in [3.63, 3.8) is 0 Å². The summed E-state index contributed by atoms with van der Waals surface area (Å²) in [6, 6.07) is 0.387. The normalized spacial score (nSPS) is 36.4. The highest BCUT2D eigenvalue weighted by atomic mass is 15.1. The van der Waals surface area contributed by atoms with Gasteiger partial charge in [-0.15, -0.1) is 0 Å². The molecule has 1 heterocycles. The van der Waals surface area contributed by atoms with Crippen LogP contribution in [0.15, 0.2) is 0 Å². The smallest absolute Gasteiger partial charge is 0.238 e. The average Bonchev–Trinajstić information content (AvgIpc) is 2.15. The largest absolute Gasteiger partial charge is 0.345 e. The van der Waals surface area contributed by atoms with Crippen molar-refractivity contribution >= 4 is 7.98 Å². The van der Waals surface area contributed by atoms with Crippen molar-refractivity contribution in [2.45, 2.75) is 25.4 Å². The van der Waals surface area contributed by atoms with Gasteiger partial charge in [0.2, 0.25) is 6.04 Å². The molecule has 0 saturated carbocycles. The Morgan fingerprint density at radius 1 is 1.78 bits per heavy atom. The van der Waals surface area contributed by atoms with Gasteiger partial charge < -0.3 is 9.66 Å². The lowest BCUT2D eigenvalue weighted by atomic mass is 10.1. The summed E-state index contributed by atoms with van der Waals surface area (Å²) in [5.41, 5.74) is 0. The summed E-state index contributed by atoms with van der Waals surface area (Å²) in [4.78, 5) is 5.19. The summed E-state index contributed by atoms with van der Waals surface area (Å²) in [6.07, 6.45) is 0.932. The highest BCUT2D eigenvalue weighted by molar-refractivity contribution is 6.04. The molecule has 1 saturated heterocycles. The molecule has 0 aromatic carbocycles. The van der Waals surface area contributed by atoms with Crippen LogP contribution in [0.1, 0.15) is 13.3 Å². The van der Waals surface area contributed by atoms with Crippen molar-refractivity contribution in [1.29, 1.82) is 0 Å². The fourth-order valence-corrected chi connectivity index (χ4v) is 1.12. The van der Waals surface area contributed by atoms with Crippen LogP contribution in [-0.2, 0) is 0 Å². The van der Waals surface area contributed by atoms with Crippen LogP contribution in [0.25, 0.3) is 4.85 Å². The molecule has 0 N–H and O–H groups in total. The summed E-state index contributed by atoms with van der Waals surface area (Å²) in [5.74, 6) is 0. The molecule has 1 aliphatic heterocycles. The van der Waals surface area contributed by atoms with Crippen molar-refractivity contribution in [1.82, 2.24) is 4.81 Å². The van der Waals surface area contributed by atoms with Crippen molar-refractivity contribution in [3.05, 3.63) is 11.4 Å². The lowest BCUT2D eigenvalue weighted by Crippen LogP contribution is -2.28. The Balaban J connectivity index is 2.54. The van der Waals surface area contributed by atoms with Gasteiger partial charge in [-0.3, -0.25) is 0 Å². The number of rotatable bonds is 0. The van der Waals surface area contributed by atoms with Crippen molar-refractivity contribution in [2.24, 2.45) is 0 Å². The minimum Gasteiger partial charge on any atom is -0.345 e. The van der Waals surface area contributed by atoms with Crippen molar-refractivity contribution in [3.8, 4) is 0 Å². The third-order valence-electron chi connectivity index (χ3n) is 1.93. The van der Waals surface area contributed by atoms with Crippen LogP contribution in [0.3, 0.4) is 0 Å². The lowest BCUT2D eigenvalue weighted by molar-refractivity contribution is 0.442. The van der Waals surface area contributed by atoms with E-state index in [1.54, 1.807) is 4.81 Å². The van der Waals surface area contributed by atoms with Crippen LogP contribution in [0.2, 0.25) is 0 Å². The van der Waals surface area contributed by atoms with Gasteiger partial charge >= 0.3 is 0 Å². The zero-order chi connectivity index (χ0) is 6.85. The van der Waals surface area contributed by atoms with E-state index in [-0.39, 0.29) is 12.1 Å². The van der Waals surface area contributed by atoms with E-state index in [9.17, 15) is 0 Å². The van der Waals surface area contributed by atoms with Crippen LogP contribution in [-0.4, -0.2) is 31.4 Å². The quantitative estimate of drug-likeness (QED) is 0.332. The first kappa shape index (κ1) is 6.63. The number of hydrogen-bond donors (Lipinski definition) is 0. The van der Waals surface area contributed by atoms with Gasteiger partial charge in [-0.2, -0.15) is 0 Å². The lowest BCUT2D eigenvalue weighted by Gasteiger charge is -2.12. The minimum absolute atomic E-state index is 0.134. The van der Waals surface area contributed by atoms with E-state index >= 15 is 0 Å². The predicted molar refractivity (Wildman–Crippen MR) is 36.9 cm³/mol. The minimum atomic E-state index is 0.134. The summed E-state index contributed by atoms with van der Waals surface area (Å²) >= 11 is 0. The first-order valence-electron chi connectivity index (χ1n) is 3.13. The Labute approximate surface area is 57.1 Å². The Morgan fingerprint density at radius 3 is 2.67 bits per heavy atom. The zero-order valence-electron chi connectivity index (χ0n) is 5.54. The summed E-state index contributed by atoms with van der Waals surface area (Å²) in [5, 5.41) is 0. The maximum atomic E-state index is 6.76. The van der Waals surface area contributed by atoms with E-state index in [1.807, 2.05) is 6.92 Å². The molecule has 3 heteroatoms. The molecule has 0 aliphatic carbocycles. The van der Waals surface area contributed by atoms with E-state index in [0.717, 1.165) is 13.0 Å². The molecule has 2 radical (unpaired) electrons. The predicted octanol–water partition coefficient (Wildman–Crippen LogP) is 0.452. The van der Waals surface area contributed by atoms with Gasteiger partial charge in [-0.25, -0.2) is 6.57 Å². The second kappa shape index (κ2) is 2.41. The van der Waals surface area contributed by atoms with Crippen LogP contribution < -0.4 is 0 Å². The van der Waals surface area contributed by atoms with Crippen molar-refractivity contribution in [2.75, 3.05) is 6.54 Å². The van der Waals surface area contributed by atoms with Crippen LogP contribution in [0.4, 0.5) is 0 Å². The molecule has 0 aromatic rings. The molecule has 2 unspecified atom stereocenters. The van der Waals surface area contributed by atoms with Gasteiger partial charge in [-0.05, 0) is 13.5 Å². The van der Waals surface area contributed by atoms with Gasteiger partial charge in [0.15, 0.2) is 7.98 Å². The standard InChI is InChI=1S/C6H9BN2/c1-5-6(8-2)3-4-9(5)7/h5-6H,3-4H2,1H3. The molecule has 0 amide bonds. The Morgan fingerprint density at radius 2 is 2.44 bits per heavy atom. The monoisotopic (exact) mass is 120 g/mol.